The van der Waals surface area contributed by atoms with Crippen LogP contribution in [0.2, 0.25) is 5.02 Å². The molecule has 0 unspecified atom stereocenters. The molecule has 0 spiro atoms. The average molecular weight is 297 g/mol. The SMILES string of the molecule is Cc1ccc(C(=O)N2CCN(C[C@H](C)O)CC2)cc1Cl. The third kappa shape index (κ3) is 3.72. The zero-order chi connectivity index (χ0) is 14.7. The molecule has 1 aromatic rings. The predicted octanol–water partition coefficient (Wildman–Crippen LogP) is 1.79. The molecule has 1 N–H and O–H groups in total. The zero-order valence-electron chi connectivity index (χ0n) is 12.0. The fourth-order valence-electron chi connectivity index (χ4n) is 2.42. The number of rotatable bonds is 3. The van der Waals surface area contributed by atoms with Crippen molar-refractivity contribution in [1.82, 2.24) is 9.80 Å². The van der Waals surface area contributed by atoms with Crippen LogP contribution < -0.4 is 0 Å². The highest BCUT2D eigenvalue weighted by Gasteiger charge is 2.22. The maximum atomic E-state index is 12.4. The normalized spacial score (nSPS) is 18.1. The smallest absolute Gasteiger partial charge is 0.253 e. The van der Waals surface area contributed by atoms with E-state index in [-0.39, 0.29) is 12.0 Å². The highest BCUT2D eigenvalue weighted by molar-refractivity contribution is 6.31. The van der Waals surface area contributed by atoms with Crippen molar-refractivity contribution in [2.24, 2.45) is 0 Å². The number of nitrogens with zero attached hydrogens (tertiary/aromatic N) is 2. The number of aryl methyl sites for hydroxylation is 1. The first-order valence-electron chi connectivity index (χ1n) is 6.93. The number of carbonyl (C=O) groups excluding carboxylic acids is 1. The van der Waals surface area contributed by atoms with E-state index in [0.29, 0.717) is 30.2 Å². The molecule has 1 fully saturated rings. The van der Waals surface area contributed by atoms with Gasteiger partial charge in [-0.25, -0.2) is 0 Å². The van der Waals surface area contributed by atoms with Gasteiger partial charge in [0.25, 0.3) is 5.91 Å². The highest BCUT2D eigenvalue weighted by atomic mass is 35.5. The lowest BCUT2D eigenvalue weighted by molar-refractivity contribution is 0.0554. The van der Waals surface area contributed by atoms with Crippen molar-refractivity contribution in [3.63, 3.8) is 0 Å². The molecule has 2 rings (SSSR count). The Bertz CT molecular complexity index is 483. The van der Waals surface area contributed by atoms with Crippen LogP contribution in [-0.4, -0.2) is 59.6 Å². The van der Waals surface area contributed by atoms with Crippen LogP contribution in [0, 0.1) is 6.92 Å². The third-order valence-corrected chi connectivity index (χ3v) is 4.01. The van der Waals surface area contributed by atoms with Gasteiger partial charge >= 0.3 is 0 Å². The van der Waals surface area contributed by atoms with Crippen LogP contribution in [0.5, 0.6) is 0 Å². The first kappa shape index (κ1) is 15.3. The lowest BCUT2D eigenvalue weighted by Crippen LogP contribution is -2.50. The van der Waals surface area contributed by atoms with E-state index >= 15 is 0 Å². The van der Waals surface area contributed by atoms with Crippen molar-refractivity contribution in [2.45, 2.75) is 20.0 Å². The molecule has 1 atom stereocenters. The minimum atomic E-state index is -0.326. The Hall–Kier alpha value is -1.10. The molecule has 1 heterocycles. The Morgan fingerprint density at radius 1 is 1.35 bits per heavy atom. The van der Waals surface area contributed by atoms with Gasteiger partial charge in [-0.2, -0.15) is 0 Å². The minimum Gasteiger partial charge on any atom is -0.392 e. The van der Waals surface area contributed by atoms with Gasteiger partial charge in [-0.15, -0.1) is 0 Å². The fraction of sp³-hybridized carbons (Fsp3) is 0.533. The Morgan fingerprint density at radius 2 is 2.00 bits per heavy atom. The van der Waals surface area contributed by atoms with E-state index in [1.165, 1.54) is 0 Å². The van der Waals surface area contributed by atoms with E-state index in [9.17, 15) is 9.90 Å². The molecule has 110 valence electrons. The molecule has 5 heteroatoms. The number of piperazine rings is 1. The van der Waals surface area contributed by atoms with E-state index in [1.54, 1.807) is 13.0 Å². The number of halogens is 1. The second-order valence-corrected chi connectivity index (χ2v) is 5.81. The first-order valence-corrected chi connectivity index (χ1v) is 7.31. The molecule has 20 heavy (non-hydrogen) atoms. The van der Waals surface area contributed by atoms with Crippen molar-refractivity contribution in [3.8, 4) is 0 Å². The lowest BCUT2D eigenvalue weighted by Gasteiger charge is -2.35. The van der Waals surface area contributed by atoms with Crippen LogP contribution in [0.25, 0.3) is 0 Å². The van der Waals surface area contributed by atoms with Crippen molar-refractivity contribution < 1.29 is 9.90 Å². The van der Waals surface area contributed by atoms with Gasteiger partial charge < -0.3 is 10.0 Å². The van der Waals surface area contributed by atoms with E-state index in [4.69, 9.17) is 11.6 Å². The molecule has 1 aromatic carbocycles. The summed E-state index contributed by atoms with van der Waals surface area (Å²) in [5.41, 5.74) is 1.62. The largest absolute Gasteiger partial charge is 0.392 e. The van der Waals surface area contributed by atoms with Gasteiger partial charge in [0.1, 0.15) is 0 Å². The molecule has 1 aliphatic heterocycles. The van der Waals surface area contributed by atoms with E-state index < -0.39 is 0 Å². The molecule has 1 amide bonds. The van der Waals surface area contributed by atoms with E-state index in [2.05, 4.69) is 4.90 Å². The molecule has 1 saturated heterocycles. The molecular weight excluding hydrogens is 276 g/mol. The fourth-order valence-corrected chi connectivity index (χ4v) is 2.60. The summed E-state index contributed by atoms with van der Waals surface area (Å²) in [5.74, 6) is 0.0311. The van der Waals surface area contributed by atoms with Crippen LogP contribution in [0.4, 0.5) is 0 Å². The van der Waals surface area contributed by atoms with Crippen molar-refractivity contribution in [1.29, 1.82) is 0 Å². The van der Waals surface area contributed by atoms with Gasteiger partial charge in [0.2, 0.25) is 0 Å². The maximum Gasteiger partial charge on any atom is 0.253 e. The Balaban J connectivity index is 1.96. The average Bonchev–Trinajstić information content (AvgIpc) is 2.41. The summed E-state index contributed by atoms with van der Waals surface area (Å²) in [6.07, 6.45) is -0.326. The second-order valence-electron chi connectivity index (χ2n) is 5.41. The van der Waals surface area contributed by atoms with E-state index in [0.717, 1.165) is 18.7 Å². The van der Waals surface area contributed by atoms with Gasteiger partial charge in [-0.3, -0.25) is 9.69 Å². The van der Waals surface area contributed by atoms with Gasteiger partial charge in [-0.05, 0) is 31.5 Å². The van der Waals surface area contributed by atoms with Gasteiger partial charge in [0.15, 0.2) is 0 Å². The molecular formula is C15H21ClN2O2. The van der Waals surface area contributed by atoms with E-state index in [1.807, 2.05) is 24.0 Å². The van der Waals surface area contributed by atoms with Crippen molar-refractivity contribution in [2.75, 3.05) is 32.7 Å². The second kappa shape index (κ2) is 6.57. The van der Waals surface area contributed by atoms with Crippen LogP contribution in [-0.2, 0) is 0 Å². The van der Waals surface area contributed by atoms with Crippen LogP contribution in [0.15, 0.2) is 18.2 Å². The number of aliphatic hydroxyl groups is 1. The predicted molar refractivity (Wildman–Crippen MR) is 80.2 cm³/mol. The van der Waals surface area contributed by atoms with Crippen LogP contribution in [0.3, 0.4) is 0 Å². The molecule has 1 aliphatic rings. The number of amides is 1. The van der Waals surface area contributed by atoms with Crippen LogP contribution >= 0.6 is 11.6 Å². The summed E-state index contributed by atoms with van der Waals surface area (Å²) in [7, 11) is 0. The number of carbonyl (C=O) groups is 1. The molecule has 0 radical (unpaired) electrons. The third-order valence-electron chi connectivity index (χ3n) is 3.60. The number of aliphatic hydroxyl groups excluding tert-OH is 1. The van der Waals surface area contributed by atoms with Gasteiger partial charge in [0.05, 0.1) is 6.10 Å². The monoisotopic (exact) mass is 296 g/mol. The minimum absolute atomic E-state index is 0.0311. The molecule has 0 bridgehead atoms. The topological polar surface area (TPSA) is 43.8 Å². The molecule has 0 aromatic heterocycles. The number of hydrogen-bond acceptors (Lipinski definition) is 3. The van der Waals surface area contributed by atoms with Gasteiger partial charge in [-0.1, -0.05) is 17.7 Å². The summed E-state index contributed by atoms with van der Waals surface area (Å²) in [4.78, 5) is 16.4. The summed E-state index contributed by atoms with van der Waals surface area (Å²) in [6, 6.07) is 5.44. The molecule has 0 saturated carbocycles. The highest BCUT2D eigenvalue weighted by Crippen LogP contribution is 2.18. The quantitative estimate of drug-likeness (QED) is 0.925. The Kier molecular flexibility index (Phi) is 5.02. The standard InChI is InChI=1S/C15H21ClN2O2/c1-11-3-4-13(9-14(11)16)15(20)18-7-5-17(6-8-18)10-12(2)19/h3-4,9,12,19H,5-8,10H2,1-2H3/t12-/m0/s1. The summed E-state index contributed by atoms with van der Waals surface area (Å²) in [6.45, 7) is 7.36. The zero-order valence-corrected chi connectivity index (χ0v) is 12.7. The maximum absolute atomic E-state index is 12.4. The summed E-state index contributed by atoms with van der Waals surface area (Å²) < 4.78 is 0. The van der Waals surface area contributed by atoms with Gasteiger partial charge in [0, 0.05) is 43.3 Å². The first-order chi connectivity index (χ1) is 9.47. The lowest BCUT2D eigenvalue weighted by atomic mass is 10.1. The number of hydrogen-bond donors (Lipinski definition) is 1. The Morgan fingerprint density at radius 3 is 2.55 bits per heavy atom. The summed E-state index contributed by atoms with van der Waals surface area (Å²) in [5, 5.41) is 10.0. The number of β-amino-alcohol motifs (C(OH)–C–C–N with tert-alkyl or cyclic N) is 1. The number of benzene rings is 1. The van der Waals surface area contributed by atoms with Crippen molar-refractivity contribution >= 4 is 17.5 Å². The molecule has 0 aliphatic carbocycles. The van der Waals surface area contributed by atoms with Crippen LogP contribution in [0.1, 0.15) is 22.8 Å². The molecule has 4 nitrogen and oxygen atoms in total. The van der Waals surface area contributed by atoms with Crippen molar-refractivity contribution in [3.05, 3.63) is 34.3 Å². The Labute approximate surface area is 124 Å². The summed E-state index contributed by atoms with van der Waals surface area (Å²) >= 11 is 6.07.